The van der Waals surface area contributed by atoms with E-state index >= 15 is 0 Å². The lowest BCUT2D eigenvalue weighted by atomic mass is 10.00. The minimum atomic E-state index is -1.11. The van der Waals surface area contributed by atoms with Crippen molar-refractivity contribution in [3.05, 3.63) is 33.1 Å². The van der Waals surface area contributed by atoms with Crippen molar-refractivity contribution in [1.82, 2.24) is 9.55 Å². The molecule has 0 spiro atoms. The summed E-state index contributed by atoms with van der Waals surface area (Å²) >= 11 is 0. The number of hydrogen-bond acceptors (Lipinski definition) is 6. The zero-order valence-electron chi connectivity index (χ0n) is 11.2. The number of aromatic nitrogens is 2. The van der Waals surface area contributed by atoms with E-state index in [2.05, 4.69) is 0 Å². The lowest BCUT2D eigenvalue weighted by Crippen LogP contribution is -2.38. The molecule has 8 nitrogen and oxygen atoms in total. The van der Waals surface area contributed by atoms with Gasteiger partial charge in [0, 0.05) is 19.2 Å². The van der Waals surface area contributed by atoms with E-state index in [1.807, 2.05) is 4.98 Å². The largest absolute Gasteiger partial charge is 0.457 e. The third-order valence-corrected chi connectivity index (χ3v) is 3.28. The number of aliphatic hydroxyl groups excluding tert-OH is 1. The molecule has 1 aliphatic rings. The Balaban J connectivity index is 2.41. The molecule has 0 amide bonds. The second kappa shape index (κ2) is 6.19. The van der Waals surface area contributed by atoms with Crippen LogP contribution in [0, 0.1) is 5.92 Å². The number of rotatable bonds is 4. The summed E-state index contributed by atoms with van der Waals surface area (Å²) in [6.07, 6.45) is -1.94. The highest BCUT2D eigenvalue weighted by Gasteiger charge is 2.47. The molecule has 1 saturated heterocycles. The van der Waals surface area contributed by atoms with Gasteiger partial charge in [0.15, 0.2) is 12.3 Å². The fraction of sp³-hybridized carbons (Fsp3) is 0.583. The third kappa shape index (κ3) is 3.03. The molecule has 1 aliphatic heterocycles. The van der Waals surface area contributed by atoms with E-state index in [1.165, 1.54) is 0 Å². The molecular weight excluding hydrogens is 287 g/mol. The molecule has 9 heteroatoms. The summed E-state index contributed by atoms with van der Waals surface area (Å²) in [6.45, 7) is -0.229. The maximum absolute atomic E-state index is 13.2. The number of nitrogens with one attached hydrogen (secondary N) is 1. The summed E-state index contributed by atoms with van der Waals surface area (Å²) in [7, 11) is 0. The molecule has 1 aromatic rings. The van der Waals surface area contributed by atoms with E-state index in [1.54, 1.807) is 0 Å². The molecule has 1 aromatic heterocycles. The molecule has 1 fully saturated rings. The maximum Gasteiger partial charge on any atom is 0.330 e. The second-order valence-corrected chi connectivity index (χ2v) is 4.66. The van der Waals surface area contributed by atoms with Crippen molar-refractivity contribution in [2.24, 2.45) is 5.92 Å². The molecule has 116 valence electrons. The van der Waals surface area contributed by atoms with Crippen LogP contribution >= 0.6 is 0 Å². The topological polar surface area (TPSA) is 111 Å². The number of alkyl halides is 1. The minimum Gasteiger partial charge on any atom is -0.457 e. The van der Waals surface area contributed by atoms with Crippen molar-refractivity contribution in [2.75, 3.05) is 13.3 Å². The molecule has 0 saturated carbocycles. The zero-order chi connectivity index (χ0) is 15.6. The van der Waals surface area contributed by atoms with Crippen LogP contribution in [0.2, 0.25) is 0 Å². The van der Waals surface area contributed by atoms with Gasteiger partial charge in [-0.2, -0.15) is 0 Å². The van der Waals surface area contributed by atoms with Crippen molar-refractivity contribution >= 4 is 5.97 Å². The van der Waals surface area contributed by atoms with Crippen LogP contribution in [0.15, 0.2) is 21.9 Å². The highest BCUT2D eigenvalue weighted by molar-refractivity contribution is 5.66. The molecule has 2 rings (SSSR count). The molecule has 0 aromatic carbocycles. The first-order valence-corrected chi connectivity index (χ1v) is 6.29. The van der Waals surface area contributed by atoms with Crippen LogP contribution in [-0.2, 0) is 14.3 Å². The lowest BCUT2D eigenvalue weighted by Gasteiger charge is -2.22. The van der Waals surface area contributed by atoms with E-state index in [9.17, 15) is 23.9 Å². The van der Waals surface area contributed by atoms with Crippen LogP contribution in [0.25, 0.3) is 0 Å². The number of nitrogens with zero attached hydrogens (tertiary/aromatic N) is 1. The number of carbonyl (C=O) groups excluding carboxylic acids is 1. The maximum atomic E-state index is 13.2. The van der Waals surface area contributed by atoms with Crippen LogP contribution < -0.4 is 11.2 Å². The highest BCUT2D eigenvalue weighted by Crippen LogP contribution is 2.35. The monoisotopic (exact) mass is 302 g/mol. The fourth-order valence-electron chi connectivity index (χ4n) is 2.33. The van der Waals surface area contributed by atoms with Gasteiger partial charge in [-0.25, -0.2) is 4.79 Å². The van der Waals surface area contributed by atoms with Gasteiger partial charge in [-0.1, -0.05) is 0 Å². The average molecular weight is 302 g/mol. The Morgan fingerprint density at radius 3 is 2.81 bits per heavy atom. The van der Waals surface area contributed by atoms with Gasteiger partial charge in [-0.15, -0.1) is 0 Å². The third-order valence-electron chi connectivity index (χ3n) is 3.28. The van der Waals surface area contributed by atoms with Crippen LogP contribution in [0.5, 0.6) is 0 Å². The standard InChI is InChI=1S/C12H15FN2O6/c1-6(17)20-10-7(4-13)8(5-16)21-11(10)15-3-2-9(18)14-12(15)19/h2-3,7-8,10-11,16H,4-5H2,1H3,(H,14,18,19). The molecular formula is C12H15FN2O6. The Bertz CT molecular complexity index is 627. The Morgan fingerprint density at radius 2 is 2.29 bits per heavy atom. The predicted molar refractivity (Wildman–Crippen MR) is 67.3 cm³/mol. The fourth-order valence-corrected chi connectivity index (χ4v) is 2.33. The summed E-state index contributed by atoms with van der Waals surface area (Å²) in [5, 5.41) is 9.22. The predicted octanol–water partition coefficient (Wildman–Crippen LogP) is -1.06. The Labute approximate surface area is 118 Å². The summed E-state index contributed by atoms with van der Waals surface area (Å²) < 4.78 is 24.6. The van der Waals surface area contributed by atoms with Gasteiger partial charge in [-0.3, -0.25) is 23.5 Å². The molecule has 2 N–H and O–H groups in total. The summed E-state index contributed by atoms with van der Waals surface area (Å²) in [4.78, 5) is 36.0. The van der Waals surface area contributed by atoms with E-state index in [0.717, 1.165) is 23.8 Å². The molecule has 0 aliphatic carbocycles. The van der Waals surface area contributed by atoms with E-state index in [-0.39, 0.29) is 0 Å². The lowest BCUT2D eigenvalue weighted by molar-refractivity contribution is -0.154. The quantitative estimate of drug-likeness (QED) is 0.686. The van der Waals surface area contributed by atoms with Gasteiger partial charge in [-0.05, 0) is 0 Å². The SMILES string of the molecule is CC(=O)OC1C(CF)C(CO)OC1n1ccc(=O)[nH]c1=O. The Kier molecular flexibility index (Phi) is 4.53. The van der Waals surface area contributed by atoms with E-state index < -0.39 is 54.9 Å². The van der Waals surface area contributed by atoms with Crippen LogP contribution in [0.4, 0.5) is 4.39 Å². The highest BCUT2D eigenvalue weighted by atomic mass is 19.1. The van der Waals surface area contributed by atoms with Crippen molar-refractivity contribution in [1.29, 1.82) is 0 Å². The van der Waals surface area contributed by atoms with Gasteiger partial charge in [0.2, 0.25) is 0 Å². The number of esters is 1. The number of aliphatic hydroxyl groups is 1. The first kappa shape index (κ1) is 15.4. The van der Waals surface area contributed by atoms with Crippen LogP contribution in [0.1, 0.15) is 13.2 Å². The number of H-pyrrole nitrogens is 1. The molecule has 4 atom stereocenters. The molecule has 4 unspecified atom stereocenters. The number of carbonyl (C=O) groups is 1. The minimum absolute atomic E-state index is 0.485. The van der Waals surface area contributed by atoms with Crippen LogP contribution in [-0.4, -0.2) is 46.1 Å². The van der Waals surface area contributed by atoms with Gasteiger partial charge in [0.25, 0.3) is 5.56 Å². The van der Waals surface area contributed by atoms with Gasteiger partial charge >= 0.3 is 11.7 Å². The molecule has 2 heterocycles. The Hall–Kier alpha value is -2.00. The van der Waals surface area contributed by atoms with Gasteiger partial charge in [0.1, 0.15) is 0 Å². The van der Waals surface area contributed by atoms with Crippen molar-refractivity contribution in [2.45, 2.75) is 25.4 Å². The van der Waals surface area contributed by atoms with Gasteiger partial charge in [0.05, 0.1) is 25.3 Å². The molecule has 21 heavy (non-hydrogen) atoms. The van der Waals surface area contributed by atoms with E-state index in [4.69, 9.17) is 9.47 Å². The van der Waals surface area contributed by atoms with Crippen molar-refractivity contribution in [3.8, 4) is 0 Å². The summed E-state index contributed by atoms with van der Waals surface area (Å²) in [5.41, 5.74) is -1.38. The van der Waals surface area contributed by atoms with Crippen LogP contribution in [0.3, 0.4) is 0 Å². The summed E-state index contributed by atoms with van der Waals surface area (Å²) in [6, 6.07) is 1.09. The zero-order valence-corrected chi connectivity index (χ0v) is 11.2. The number of hydrogen-bond donors (Lipinski definition) is 2. The first-order chi connectivity index (χ1) is 9.97. The Morgan fingerprint density at radius 1 is 1.57 bits per heavy atom. The average Bonchev–Trinajstić information content (AvgIpc) is 2.75. The summed E-state index contributed by atoms with van der Waals surface area (Å²) in [5.74, 6) is -1.56. The van der Waals surface area contributed by atoms with Gasteiger partial charge < -0.3 is 14.6 Å². The second-order valence-electron chi connectivity index (χ2n) is 4.66. The number of aromatic amines is 1. The first-order valence-electron chi connectivity index (χ1n) is 6.29. The normalized spacial score (nSPS) is 28.5. The number of ether oxygens (including phenoxy) is 2. The molecule has 0 radical (unpaired) electrons. The van der Waals surface area contributed by atoms with E-state index in [0.29, 0.717) is 0 Å². The van der Waals surface area contributed by atoms with Crippen molar-refractivity contribution < 1.29 is 23.8 Å². The number of halogens is 1. The smallest absolute Gasteiger partial charge is 0.330 e. The van der Waals surface area contributed by atoms with Crippen molar-refractivity contribution in [3.63, 3.8) is 0 Å². The molecule has 0 bridgehead atoms.